The van der Waals surface area contributed by atoms with E-state index in [0.717, 1.165) is 69.3 Å². The lowest BCUT2D eigenvalue weighted by Gasteiger charge is -2.11. The van der Waals surface area contributed by atoms with E-state index in [1.54, 1.807) is 4.68 Å². The first-order valence-electron chi connectivity index (χ1n) is 10.6. The topological polar surface area (TPSA) is 85.5 Å². The molecule has 166 valence electrons. The molecule has 0 radical (unpaired) electrons. The predicted octanol–water partition coefficient (Wildman–Crippen LogP) is 2.41. The number of rotatable bonds is 10. The zero-order valence-electron chi connectivity index (χ0n) is 17.7. The Bertz CT molecular complexity index is 834. The van der Waals surface area contributed by atoms with Crippen molar-refractivity contribution in [2.24, 2.45) is 4.99 Å². The van der Waals surface area contributed by atoms with Crippen molar-refractivity contribution in [2.45, 2.75) is 52.1 Å². The summed E-state index contributed by atoms with van der Waals surface area (Å²) in [5.41, 5.74) is 0.0266. The fourth-order valence-corrected chi connectivity index (χ4v) is 3.33. The van der Waals surface area contributed by atoms with Crippen molar-refractivity contribution in [3.8, 4) is 5.75 Å². The molecule has 1 aromatic heterocycles. The summed E-state index contributed by atoms with van der Waals surface area (Å²) in [5.74, 6) is 2.61. The molecule has 0 saturated heterocycles. The van der Waals surface area contributed by atoms with Crippen LogP contribution in [0.4, 0.5) is 0 Å². The van der Waals surface area contributed by atoms with Crippen LogP contribution in [0.3, 0.4) is 0 Å². The lowest BCUT2D eigenvalue weighted by atomic mass is 10.2. The lowest BCUT2D eigenvalue weighted by molar-refractivity contribution is 0.313. The molecule has 0 unspecified atom stereocenters. The quantitative estimate of drug-likeness (QED) is 0.214. The smallest absolute Gasteiger partial charge is 0.345 e. The monoisotopic (exact) mass is 528 g/mol. The zero-order valence-corrected chi connectivity index (χ0v) is 20.0. The van der Waals surface area contributed by atoms with Crippen LogP contribution in [0.1, 0.15) is 38.4 Å². The molecule has 3 rings (SSSR count). The van der Waals surface area contributed by atoms with Crippen molar-refractivity contribution in [2.75, 3.05) is 26.2 Å². The summed E-state index contributed by atoms with van der Waals surface area (Å²) >= 11 is 0. The van der Waals surface area contributed by atoms with Crippen LogP contribution in [0.2, 0.25) is 0 Å². The second kappa shape index (κ2) is 13.3. The summed E-state index contributed by atoms with van der Waals surface area (Å²) in [6, 6.07) is 9.82. The molecule has 9 heteroatoms. The first-order chi connectivity index (χ1) is 14.3. The highest BCUT2D eigenvalue weighted by atomic mass is 127. The molecule has 1 aromatic carbocycles. The third-order valence-electron chi connectivity index (χ3n) is 4.80. The number of aromatic nitrogens is 3. The van der Waals surface area contributed by atoms with Crippen molar-refractivity contribution in [1.29, 1.82) is 0 Å². The Morgan fingerprint density at radius 1 is 1.20 bits per heavy atom. The molecule has 2 aromatic rings. The Balaban J connectivity index is 0.00000320. The fraction of sp³-hybridized carbons (Fsp3) is 0.571. The molecule has 0 aliphatic carbocycles. The number of ether oxygens (including phenoxy) is 1. The Hall–Kier alpha value is -2.04. The summed E-state index contributed by atoms with van der Waals surface area (Å²) < 4.78 is 9.11. The molecule has 0 saturated carbocycles. The minimum absolute atomic E-state index is 0. The molecule has 30 heavy (non-hydrogen) atoms. The van der Waals surface area contributed by atoms with Crippen LogP contribution < -0.4 is 21.1 Å². The minimum atomic E-state index is 0. The molecule has 0 atom stereocenters. The van der Waals surface area contributed by atoms with Crippen molar-refractivity contribution in [3.05, 3.63) is 46.6 Å². The number of hydrogen-bond acceptors (Lipinski definition) is 4. The normalized spacial score (nSPS) is 13.3. The summed E-state index contributed by atoms with van der Waals surface area (Å²) in [7, 11) is 0. The Morgan fingerprint density at radius 2 is 2.03 bits per heavy atom. The van der Waals surface area contributed by atoms with Crippen LogP contribution in [0.25, 0.3) is 0 Å². The van der Waals surface area contributed by atoms with Crippen LogP contribution in [-0.2, 0) is 19.5 Å². The summed E-state index contributed by atoms with van der Waals surface area (Å²) in [5, 5.41) is 11.1. The number of fused-ring (bicyclic) bond motifs is 1. The van der Waals surface area contributed by atoms with E-state index >= 15 is 0 Å². The van der Waals surface area contributed by atoms with Crippen LogP contribution in [0.5, 0.6) is 5.75 Å². The fourth-order valence-electron chi connectivity index (χ4n) is 3.33. The van der Waals surface area contributed by atoms with Gasteiger partial charge in [-0.15, -0.1) is 24.0 Å². The number of benzene rings is 1. The van der Waals surface area contributed by atoms with Gasteiger partial charge in [0.15, 0.2) is 5.96 Å². The van der Waals surface area contributed by atoms with E-state index in [0.29, 0.717) is 19.7 Å². The number of nitrogens with one attached hydrogen (secondary N) is 2. The van der Waals surface area contributed by atoms with Gasteiger partial charge in [-0.1, -0.05) is 18.2 Å². The summed E-state index contributed by atoms with van der Waals surface area (Å²) in [4.78, 5) is 16.9. The van der Waals surface area contributed by atoms with Gasteiger partial charge >= 0.3 is 5.69 Å². The number of hydrogen-bond donors (Lipinski definition) is 2. The molecular weight excluding hydrogens is 495 g/mol. The SMILES string of the molecule is CCNC(=NCCCOc1ccccc1)NCCCn1nc2n(c1=O)CCCC2.I. The van der Waals surface area contributed by atoms with Gasteiger partial charge in [0, 0.05) is 45.6 Å². The van der Waals surface area contributed by atoms with E-state index in [1.807, 2.05) is 41.8 Å². The van der Waals surface area contributed by atoms with E-state index in [1.165, 1.54) is 0 Å². The van der Waals surface area contributed by atoms with Crippen molar-refractivity contribution < 1.29 is 4.74 Å². The second-order valence-electron chi connectivity index (χ2n) is 7.09. The second-order valence-corrected chi connectivity index (χ2v) is 7.09. The van der Waals surface area contributed by atoms with E-state index in [9.17, 15) is 4.79 Å². The summed E-state index contributed by atoms with van der Waals surface area (Å²) in [6.07, 6.45) is 4.76. The standard InChI is InChI=1S/C21H32N6O2.HI/c1-2-22-20(24-14-9-17-29-18-10-4-3-5-11-18)23-13-8-16-27-21(28)26-15-7-6-12-19(26)25-27;/h3-5,10-11H,2,6-9,12-17H2,1H3,(H2,22,23,24);1H. The van der Waals surface area contributed by atoms with Gasteiger partial charge in [0.05, 0.1) is 6.61 Å². The van der Waals surface area contributed by atoms with Crippen LogP contribution in [0.15, 0.2) is 40.1 Å². The van der Waals surface area contributed by atoms with Crippen molar-refractivity contribution in [3.63, 3.8) is 0 Å². The van der Waals surface area contributed by atoms with E-state index in [-0.39, 0.29) is 29.7 Å². The van der Waals surface area contributed by atoms with Gasteiger partial charge < -0.3 is 15.4 Å². The van der Waals surface area contributed by atoms with Gasteiger partial charge in [0.1, 0.15) is 11.6 Å². The van der Waals surface area contributed by atoms with Crippen molar-refractivity contribution in [1.82, 2.24) is 25.0 Å². The van der Waals surface area contributed by atoms with Crippen LogP contribution >= 0.6 is 24.0 Å². The molecule has 1 aliphatic heterocycles. The number of para-hydroxylation sites is 1. The molecule has 0 bridgehead atoms. The number of guanidine groups is 1. The maximum Gasteiger partial charge on any atom is 0.345 e. The average molecular weight is 528 g/mol. The number of nitrogens with zero attached hydrogens (tertiary/aromatic N) is 4. The van der Waals surface area contributed by atoms with Gasteiger partial charge in [-0.25, -0.2) is 9.48 Å². The Kier molecular flexibility index (Phi) is 10.7. The van der Waals surface area contributed by atoms with Crippen LogP contribution in [0, 0.1) is 0 Å². The molecule has 2 N–H and O–H groups in total. The highest BCUT2D eigenvalue weighted by Crippen LogP contribution is 2.09. The molecule has 0 spiro atoms. The van der Waals surface area contributed by atoms with Crippen molar-refractivity contribution >= 4 is 29.9 Å². The van der Waals surface area contributed by atoms with Crippen LogP contribution in [-0.4, -0.2) is 46.5 Å². The van der Waals surface area contributed by atoms with Gasteiger partial charge in [-0.2, -0.15) is 5.10 Å². The zero-order chi connectivity index (χ0) is 20.3. The summed E-state index contributed by atoms with van der Waals surface area (Å²) in [6.45, 7) is 6.34. The van der Waals surface area contributed by atoms with E-state index in [2.05, 4.69) is 20.7 Å². The largest absolute Gasteiger partial charge is 0.494 e. The minimum Gasteiger partial charge on any atom is -0.494 e. The Morgan fingerprint density at radius 3 is 2.80 bits per heavy atom. The molecule has 1 aliphatic rings. The van der Waals surface area contributed by atoms with Gasteiger partial charge in [0.25, 0.3) is 0 Å². The van der Waals surface area contributed by atoms with E-state index < -0.39 is 0 Å². The molecule has 0 fully saturated rings. The molecule has 8 nitrogen and oxygen atoms in total. The number of aliphatic imine (C=N–C) groups is 1. The molecule has 2 heterocycles. The maximum absolute atomic E-state index is 12.3. The number of halogens is 1. The lowest BCUT2D eigenvalue weighted by Crippen LogP contribution is -2.38. The number of aryl methyl sites for hydroxylation is 2. The maximum atomic E-state index is 12.3. The molecular formula is C21H33IN6O2. The highest BCUT2D eigenvalue weighted by molar-refractivity contribution is 14.0. The first kappa shape index (κ1) is 24.2. The highest BCUT2D eigenvalue weighted by Gasteiger charge is 2.16. The van der Waals surface area contributed by atoms with Gasteiger partial charge in [-0.05, 0) is 38.3 Å². The van der Waals surface area contributed by atoms with E-state index in [4.69, 9.17) is 4.74 Å². The van der Waals surface area contributed by atoms with Gasteiger partial charge in [0.2, 0.25) is 0 Å². The first-order valence-corrected chi connectivity index (χ1v) is 10.6. The Labute approximate surface area is 195 Å². The molecule has 0 amide bonds. The predicted molar refractivity (Wildman–Crippen MR) is 130 cm³/mol. The average Bonchev–Trinajstić information content (AvgIpc) is 3.07. The van der Waals surface area contributed by atoms with Gasteiger partial charge in [-0.3, -0.25) is 9.56 Å². The third-order valence-corrected chi connectivity index (χ3v) is 4.80. The third kappa shape index (κ3) is 7.33.